The van der Waals surface area contributed by atoms with Gasteiger partial charge in [0.15, 0.2) is 0 Å². The number of amides is 1. The molecule has 0 N–H and O–H groups in total. The van der Waals surface area contributed by atoms with Gasteiger partial charge < -0.3 is 4.90 Å². The molecule has 2 rings (SSSR count). The van der Waals surface area contributed by atoms with Gasteiger partial charge in [-0.2, -0.15) is 5.10 Å². The Hall–Kier alpha value is -0.840. The molecule has 18 heavy (non-hydrogen) atoms. The van der Waals surface area contributed by atoms with E-state index in [4.69, 9.17) is 0 Å². The van der Waals surface area contributed by atoms with E-state index in [2.05, 4.69) is 21.0 Å². The van der Waals surface area contributed by atoms with Crippen molar-refractivity contribution in [3.8, 4) is 0 Å². The second-order valence-corrected chi connectivity index (χ2v) is 6.23. The lowest BCUT2D eigenvalue weighted by Gasteiger charge is -2.35. The van der Waals surface area contributed by atoms with Gasteiger partial charge in [-0.3, -0.25) is 9.48 Å². The van der Waals surface area contributed by atoms with Gasteiger partial charge in [-0.25, -0.2) is 0 Å². The average molecular weight is 314 g/mol. The number of carbonyl (C=O) groups is 1. The molecule has 0 radical (unpaired) electrons. The summed E-state index contributed by atoms with van der Waals surface area (Å²) in [6, 6.07) is 0.297. The predicted molar refractivity (Wildman–Crippen MR) is 75.0 cm³/mol. The van der Waals surface area contributed by atoms with Crippen LogP contribution in [0.15, 0.2) is 6.20 Å². The van der Waals surface area contributed by atoms with E-state index in [9.17, 15) is 4.79 Å². The third-order valence-corrected chi connectivity index (χ3v) is 5.00. The lowest BCUT2D eigenvalue weighted by atomic mass is 9.94. The van der Waals surface area contributed by atoms with Gasteiger partial charge >= 0.3 is 0 Å². The maximum atomic E-state index is 12.5. The maximum Gasteiger partial charge on any atom is 0.257 e. The van der Waals surface area contributed by atoms with Crippen LogP contribution in [0.1, 0.15) is 41.7 Å². The van der Waals surface area contributed by atoms with E-state index in [0.717, 1.165) is 18.5 Å². The Morgan fingerprint density at radius 3 is 2.72 bits per heavy atom. The van der Waals surface area contributed by atoms with E-state index in [1.807, 2.05) is 25.9 Å². The Morgan fingerprint density at radius 1 is 1.50 bits per heavy atom. The molecule has 2 atom stereocenters. The molecule has 0 saturated heterocycles. The number of hydrogen-bond acceptors (Lipinski definition) is 2. The normalized spacial score (nSPS) is 24.0. The van der Waals surface area contributed by atoms with Crippen LogP contribution in [0.3, 0.4) is 0 Å². The quantitative estimate of drug-likeness (QED) is 0.787. The first-order valence-electron chi connectivity index (χ1n) is 6.42. The summed E-state index contributed by atoms with van der Waals surface area (Å²) in [5.74, 6) is 0.0805. The molecular formula is C13H20BrN3O. The zero-order valence-corrected chi connectivity index (χ0v) is 12.8. The number of nitrogens with zero attached hydrogens (tertiary/aromatic N) is 3. The van der Waals surface area contributed by atoms with Crippen LogP contribution in [-0.2, 0) is 7.05 Å². The predicted octanol–water partition coefficient (Wildman–Crippen LogP) is 2.51. The first-order chi connectivity index (χ1) is 8.52. The molecule has 100 valence electrons. The number of rotatable bonds is 2. The molecule has 1 heterocycles. The summed E-state index contributed by atoms with van der Waals surface area (Å²) in [7, 11) is 3.76. The molecule has 0 bridgehead atoms. The topological polar surface area (TPSA) is 38.1 Å². The highest BCUT2D eigenvalue weighted by atomic mass is 79.9. The highest BCUT2D eigenvalue weighted by molar-refractivity contribution is 9.09. The Morgan fingerprint density at radius 2 is 2.17 bits per heavy atom. The van der Waals surface area contributed by atoms with Crippen LogP contribution < -0.4 is 0 Å². The fourth-order valence-corrected chi connectivity index (χ4v) is 3.49. The molecule has 1 fully saturated rings. The molecular weight excluding hydrogens is 294 g/mol. The van der Waals surface area contributed by atoms with E-state index in [0.29, 0.717) is 16.4 Å². The molecule has 5 heteroatoms. The summed E-state index contributed by atoms with van der Waals surface area (Å²) in [5.41, 5.74) is 1.64. The van der Waals surface area contributed by atoms with Crippen molar-refractivity contribution in [2.75, 3.05) is 7.05 Å². The van der Waals surface area contributed by atoms with Crippen molar-refractivity contribution in [2.45, 2.75) is 43.5 Å². The van der Waals surface area contributed by atoms with Gasteiger partial charge in [0.05, 0.1) is 11.8 Å². The van der Waals surface area contributed by atoms with E-state index in [1.54, 1.807) is 10.9 Å². The SMILES string of the molecule is Cc1c(C(=O)N(C)C2CCCCC2Br)cnn1C. The van der Waals surface area contributed by atoms with Gasteiger partial charge in [-0.1, -0.05) is 28.8 Å². The van der Waals surface area contributed by atoms with Crippen LogP contribution in [0.5, 0.6) is 0 Å². The minimum atomic E-state index is 0.0805. The van der Waals surface area contributed by atoms with Crippen molar-refractivity contribution in [3.05, 3.63) is 17.5 Å². The first kappa shape index (κ1) is 13.6. The summed E-state index contributed by atoms with van der Waals surface area (Å²) in [5, 5.41) is 4.14. The molecule has 0 aliphatic heterocycles. The average Bonchev–Trinajstić information content (AvgIpc) is 2.69. The van der Waals surface area contributed by atoms with Crippen molar-refractivity contribution >= 4 is 21.8 Å². The van der Waals surface area contributed by atoms with Crippen LogP contribution in [0, 0.1) is 6.92 Å². The highest BCUT2D eigenvalue weighted by Crippen LogP contribution is 2.28. The molecule has 1 aliphatic carbocycles. The van der Waals surface area contributed by atoms with E-state index >= 15 is 0 Å². The largest absolute Gasteiger partial charge is 0.337 e. The molecule has 1 aromatic heterocycles. The summed E-state index contributed by atoms with van der Waals surface area (Å²) in [6.45, 7) is 1.93. The Labute approximate surface area is 116 Å². The molecule has 0 spiro atoms. The van der Waals surface area contributed by atoms with Crippen molar-refractivity contribution in [2.24, 2.45) is 7.05 Å². The molecule has 4 nitrogen and oxygen atoms in total. The molecule has 2 unspecified atom stereocenters. The molecule has 1 aromatic rings. The molecule has 1 aliphatic rings. The fourth-order valence-electron chi connectivity index (χ4n) is 2.55. The Balaban J connectivity index is 2.15. The van der Waals surface area contributed by atoms with Crippen LogP contribution in [-0.4, -0.2) is 38.5 Å². The lowest BCUT2D eigenvalue weighted by Crippen LogP contribution is -2.44. The van der Waals surface area contributed by atoms with Gasteiger partial charge in [-0.15, -0.1) is 0 Å². The van der Waals surface area contributed by atoms with Gasteiger partial charge in [0.1, 0.15) is 0 Å². The number of aryl methyl sites for hydroxylation is 1. The summed E-state index contributed by atoms with van der Waals surface area (Å²) >= 11 is 3.71. The van der Waals surface area contributed by atoms with E-state index in [-0.39, 0.29) is 5.91 Å². The van der Waals surface area contributed by atoms with Gasteiger partial charge in [0.25, 0.3) is 5.91 Å². The second kappa shape index (κ2) is 5.43. The molecule has 1 saturated carbocycles. The van der Waals surface area contributed by atoms with Crippen molar-refractivity contribution in [1.82, 2.24) is 14.7 Å². The Kier molecular flexibility index (Phi) is 4.10. The molecule has 0 aromatic carbocycles. The second-order valence-electron chi connectivity index (χ2n) is 5.05. The zero-order valence-electron chi connectivity index (χ0n) is 11.2. The first-order valence-corrected chi connectivity index (χ1v) is 7.33. The lowest BCUT2D eigenvalue weighted by molar-refractivity contribution is 0.0704. The van der Waals surface area contributed by atoms with Gasteiger partial charge in [0.2, 0.25) is 0 Å². The van der Waals surface area contributed by atoms with Crippen molar-refractivity contribution < 1.29 is 4.79 Å². The van der Waals surface area contributed by atoms with Crippen LogP contribution >= 0.6 is 15.9 Å². The smallest absolute Gasteiger partial charge is 0.257 e. The number of carbonyl (C=O) groups excluding carboxylic acids is 1. The number of halogens is 1. The minimum Gasteiger partial charge on any atom is -0.337 e. The third kappa shape index (κ3) is 2.46. The summed E-state index contributed by atoms with van der Waals surface area (Å²) in [4.78, 5) is 14.8. The van der Waals surface area contributed by atoms with Gasteiger partial charge in [0, 0.05) is 30.7 Å². The number of alkyl halides is 1. The van der Waals surface area contributed by atoms with Crippen molar-refractivity contribution in [3.63, 3.8) is 0 Å². The fraction of sp³-hybridized carbons (Fsp3) is 0.692. The maximum absolute atomic E-state index is 12.5. The Bertz CT molecular complexity index is 443. The van der Waals surface area contributed by atoms with E-state index in [1.165, 1.54) is 12.8 Å². The summed E-state index contributed by atoms with van der Waals surface area (Å²) in [6.07, 6.45) is 6.35. The highest BCUT2D eigenvalue weighted by Gasteiger charge is 2.30. The number of hydrogen-bond donors (Lipinski definition) is 0. The van der Waals surface area contributed by atoms with E-state index < -0.39 is 0 Å². The van der Waals surface area contributed by atoms with Crippen LogP contribution in [0.2, 0.25) is 0 Å². The van der Waals surface area contributed by atoms with Crippen molar-refractivity contribution in [1.29, 1.82) is 0 Å². The minimum absolute atomic E-state index is 0.0805. The van der Waals surface area contributed by atoms with Crippen LogP contribution in [0.4, 0.5) is 0 Å². The molecule has 1 amide bonds. The number of aromatic nitrogens is 2. The third-order valence-electron chi connectivity index (χ3n) is 3.93. The summed E-state index contributed by atoms with van der Waals surface area (Å²) < 4.78 is 1.74. The standard InChI is InChI=1S/C13H20BrN3O/c1-9-10(8-15-17(9)3)13(18)16(2)12-7-5-4-6-11(12)14/h8,11-12H,4-7H2,1-3H3. The monoisotopic (exact) mass is 313 g/mol. The van der Waals surface area contributed by atoms with Crippen LogP contribution in [0.25, 0.3) is 0 Å². The van der Waals surface area contributed by atoms with Gasteiger partial charge in [-0.05, 0) is 19.8 Å². The zero-order chi connectivity index (χ0) is 13.3.